The Bertz CT molecular complexity index is 1640. The third kappa shape index (κ3) is 8.48. The van der Waals surface area contributed by atoms with Gasteiger partial charge in [0.05, 0.1) is 24.4 Å². The van der Waals surface area contributed by atoms with Crippen molar-refractivity contribution in [3.05, 3.63) is 83.8 Å². The van der Waals surface area contributed by atoms with Gasteiger partial charge in [-0.1, -0.05) is 36.4 Å². The number of nitrogens with zero attached hydrogens (tertiary/aromatic N) is 4. The molecule has 2 aliphatic rings. The zero-order valence-electron chi connectivity index (χ0n) is 27.4. The number of piperidine rings is 1. The maximum atomic E-state index is 12.8. The van der Waals surface area contributed by atoms with E-state index in [-0.39, 0.29) is 12.0 Å². The molecule has 1 saturated heterocycles. The molecule has 1 N–H and O–H groups in total. The molecule has 2 aromatic carbocycles. The fraction of sp³-hybridized carbons (Fsp3) is 0.459. The van der Waals surface area contributed by atoms with Crippen molar-refractivity contribution >= 4 is 28.6 Å². The number of hydrogen-bond acceptors (Lipinski definition) is 7. The van der Waals surface area contributed by atoms with Gasteiger partial charge < -0.3 is 24.4 Å². The first-order chi connectivity index (χ1) is 22.9. The number of benzene rings is 2. The van der Waals surface area contributed by atoms with Gasteiger partial charge in [0.1, 0.15) is 18.1 Å². The van der Waals surface area contributed by atoms with Crippen LogP contribution in [0.2, 0.25) is 0 Å². The zero-order chi connectivity index (χ0) is 32.6. The van der Waals surface area contributed by atoms with Crippen molar-refractivity contribution in [1.82, 2.24) is 19.7 Å². The molecule has 0 unspecified atom stereocenters. The summed E-state index contributed by atoms with van der Waals surface area (Å²) >= 11 is 0. The Hall–Kier alpha value is -4.44. The van der Waals surface area contributed by atoms with Crippen LogP contribution in [0, 0.1) is 18.8 Å². The summed E-state index contributed by atoms with van der Waals surface area (Å²) in [6.45, 7) is 5.25. The van der Waals surface area contributed by atoms with Crippen molar-refractivity contribution in [1.29, 1.82) is 0 Å². The molecule has 1 aliphatic heterocycles. The highest BCUT2D eigenvalue weighted by Gasteiger charge is 2.26. The van der Waals surface area contributed by atoms with Crippen LogP contribution in [0.5, 0.6) is 5.75 Å². The Morgan fingerprint density at radius 1 is 0.936 bits per heavy atom. The van der Waals surface area contributed by atoms with E-state index < -0.39 is 0 Å². The zero-order valence-corrected chi connectivity index (χ0v) is 27.4. The number of carbonyl (C=O) groups is 2. The summed E-state index contributed by atoms with van der Waals surface area (Å²) in [6, 6.07) is 19.3. The Kier molecular flexibility index (Phi) is 10.7. The third-order valence-electron chi connectivity index (χ3n) is 9.50. The fourth-order valence-corrected chi connectivity index (χ4v) is 6.67. The predicted molar refractivity (Wildman–Crippen MR) is 181 cm³/mol. The van der Waals surface area contributed by atoms with Gasteiger partial charge in [0.15, 0.2) is 0 Å². The maximum Gasteiger partial charge on any atom is 0.410 e. The van der Waals surface area contributed by atoms with Crippen LogP contribution < -0.4 is 10.1 Å². The van der Waals surface area contributed by atoms with E-state index in [1.807, 2.05) is 66.4 Å². The molecule has 47 heavy (non-hydrogen) atoms. The van der Waals surface area contributed by atoms with Crippen LogP contribution in [0.4, 0.5) is 10.5 Å². The number of aromatic nitrogens is 3. The number of pyridine rings is 1. The lowest BCUT2D eigenvalue weighted by Crippen LogP contribution is -2.39. The minimum atomic E-state index is -0.276. The van der Waals surface area contributed by atoms with Crippen LogP contribution in [0.25, 0.3) is 10.9 Å². The summed E-state index contributed by atoms with van der Waals surface area (Å²) in [4.78, 5) is 31.5. The van der Waals surface area contributed by atoms with E-state index in [1.165, 1.54) is 0 Å². The van der Waals surface area contributed by atoms with Crippen molar-refractivity contribution in [2.45, 2.75) is 64.5 Å². The molecule has 10 nitrogen and oxygen atoms in total. The second-order valence-corrected chi connectivity index (χ2v) is 12.8. The number of methoxy groups -OCH3 is 1. The number of aryl methyl sites for hydroxylation is 1. The van der Waals surface area contributed by atoms with E-state index in [0.717, 1.165) is 93.4 Å². The van der Waals surface area contributed by atoms with Crippen LogP contribution in [0.15, 0.2) is 66.9 Å². The van der Waals surface area contributed by atoms with E-state index in [0.29, 0.717) is 41.6 Å². The number of anilines is 1. The van der Waals surface area contributed by atoms with Gasteiger partial charge in [0.25, 0.3) is 5.91 Å². The van der Waals surface area contributed by atoms with Gasteiger partial charge in [-0.25, -0.2) is 9.78 Å². The molecule has 0 bridgehead atoms. The second kappa shape index (κ2) is 15.4. The van der Waals surface area contributed by atoms with Crippen molar-refractivity contribution in [3.8, 4) is 5.75 Å². The summed E-state index contributed by atoms with van der Waals surface area (Å²) in [5.41, 5.74) is 3.60. The highest BCUT2D eigenvalue weighted by atomic mass is 16.6. The van der Waals surface area contributed by atoms with Crippen molar-refractivity contribution in [3.63, 3.8) is 0 Å². The molecule has 0 spiro atoms. The first-order valence-corrected chi connectivity index (χ1v) is 16.8. The van der Waals surface area contributed by atoms with Gasteiger partial charge in [0, 0.05) is 49.6 Å². The van der Waals surface area contributed by atoms with Crippen LogP contribution in [0.3, 0.4) is 0 Å². The Morgan fingerprint density at radius 2 is 1.72 bits per heavy atom. The lowest BCUT2D eigenvalue weighted by molar-refractivity contribution is 0.0561. The molecule has 10 heteroatoms. The SMILES string of the molecule is COc1cc2nn(C3CCC(COCCC4CCN(C(=O)OCc5ccccc5)CC4)CC3)cc2cc1NC(=O)c1cccc(C)n1. The van der Waals surface area contributed by atoms with Crippen LogP contribution in [-0.4, -0.2) is 65.1 Å². The molecule has 3 heterocycles. The summed E-state index contributed by atoms with van der Waals surface area (Å²) in [6.07, 6.45) is 9.22. The van der Waals surface area contributed by atoms with Crippen LogP contribution >= 0.6 is 0 Å². The molecule has 2 amide bonds. The first-order valence-electron chi connectivity index (χ1n) is 16.8. The number of fused-ring (bicyclic) bond motifs is 1. The molecule has 248 valence electrons. The summed E-state index contributed by atoms with van der Waals surface area (Å²) in [7, 11) is 1.59. The van der Waals surface area contributed by atoms with Crippen LogP contribution in [-0.2, 0) is 16.1 Å². The van der Waals surface area contributed by atoms with E-state index in [9.17, 15) is 9.59 Å². The number of hydrogen-bond donors (Lipinski definition) is 1. The van der Waals surface area contributed by atoms with Gasteiger partial charge in [0.2, 0.25) is 0 Å². The summed E-state index contributed by atoms with van der Waals surface area (Å²) in [5, 5.41) is 8.79. The smallest absolute Gasteiger partial charge is 0.410 e. The average Bonchev–Trinajstić information content (AvgIpc) is 3.52. The Balaban J connectivity index is 0.908. The number of amides is 2. The highest BCUT2D eigenvalue weighted by Crippen LogP contribution is 2.35. The summed E-state index contributed by atoms with van der Waals surface area (Å²) in [5.74, 6) is 1.44. The predicted octanol–water partition coefficient (Wildman–Crippen LogP) is 7.19. The molecule has 0 atom stereocenters. The molecule has 6 rings (SSSR count). The van der Waals surface area contributed by atoms with Gasteiger partial charge in [-0.15, -0.1) is 0 Å². The molecule has 0 radical (unpaired) electrons. The van der Waals surface area contributed by atoms with Gasteiger partial charge in [-0.3, -0.25) is 9.48 Å². The summed E-state index contributed by atoms with van der Waals surface area (Å²) < 4.78 is 19.3. The van der Waals surface area contributed by atoms with E-state index >= 15 is 0 Å². The first kappa shape index (κ1) is 32.5. The third-order valence-corrected chi connectivity index (χ3v) is 9.50. The van der Waals surface area contributed by atoms with Crippen LogP contribution in [0.1, 0.15) is 72.7 Å². The molecular formula is C37H45N5O5. The van der Waals surface area contributed by atoms with E-state index in [4.69, 9.17) is 19.3 Å². The molecule has 1 aliphatic carbocycles. The lowest BCUT2D eigenvalue weighted by Gasteiger charge is -2.31. The van der Waals surface area contributed by atoms with Gasteiger partial charge in [-0.05, 0) is 87.5 Å². The number of carbonyl (C=O) groups excluding carboxylic acids is 2. The Morgan fingerprint density at radius 3 is 2.47 bits per heavy atom. The monoisotopic (exact) mass is 639 g/mol. The number of rotatable bonds is 11. The van der Waals surface area contributed by atoms with Crippen molar-refractivity contribution in [2.24, 2.45) is 11.8 Å². The van der Waals surface area contributed by atoms with Crippen molar-refractivity contribution < 1.29 is 23.8 Å². The molecule has 4 aromatic rings. The topological polar surface area (TPSA) is 108 Å². The van der Waals surface area contributed by atoms with Crippen molar-refractivity contribution in [2.75, 3.05) is 38.7 Å². The Labute approximate surface area is 276 Å². The van der Waals surface area contributed by atoms with Gasteiger partial charge in [-0.2, -0.15) is 5.10 Å². The molecular weight excluding hydrogens is 594 g/mol. The second-order valence-electron chi connectivity index (χ2n) is 12.8. The van der Waals surface area contributed by atoms with Gasteiger partial charge >= 0.3 is 6.09 Å². The molecule has 2 fully saturated rings. The largest absolute Gasteiger partial charge is 0.494 e. The highest BCUT2D eigenvalue weighted by molar-refractivity contribution is 6.05. The standard InChI is InChI=1S/C37H45N5O5/c1-26-7-6-10-32(38-26)36(43)39-34-21-30-23-42(40-33(30)22-35(34)45-2)31-13-11-29(12-14-31)24-46-20-17-27-15-18-41(19-16-27)37(44)47-25-28-8-4-3-5-9-28/h3-10,21-23,27,29,31H,11-20,24-25H2,1-2H3,(H,39,43). The molecule has 2 aromatic heterocycles. The number of nitrogens with one attached hydrogen (secondary N) is 1. The normalized spacial score (nSPS) is 18.6. The average molecular weight is 640 g/mol. The number of likely N-dealkylation sites (tertiary alicyclic amines) is 1. The minimum Gasteiger partial charge on any atom is -0.494 e. The number of ether oxygens (including phenoxy) is 3. The maximum absolute atomic E-state index is 12.8. The fourth-order valence-electron chi connectivity index (χ4n) is 6.67. The lowest BCUT2D eigenvalue weighted by atomic mass is 9.86. The quantitative estimate of drug-likeness (QED) is 0.173. The minimum absolute atomic E-state index is 0.216. The van der Waals surface area contributed by atoms with E-state index in [2.05, 4.69) is 21.2 Å². The molecule has 1 saturated carbocycles. The van der Waals surface area contributed by atoms with E-state index in [1.54, 1.807) is 13.2 Å².